The third-order valence-corrected chi connectivity index (χ3v) is 2.27. The van der Waals surface area contributed by atoms with E-state index in [9.17, 15) is 14.3 Å². The first-order valence-corrected chi connectivity index (χ1v) is 4.58. The quantitative estimate of drug-likeness (QED) is 0.775. The summed E-state index contributed by atoms with van der Waals surface area (Å²) in [6.45, 7) is 1.49. The average molecular weight is 212 g/mol. The van der Waals surface area contributed by atoms with Crippen molar-refractivity contribution in [2.24, 2.45) is 5.92 Å². The van der Waals surface area contributed by atoms with E-state index in [4.69, 9.17) is 0 Å². The highest BCUT2D eigenvalue weighted by Crippen LogP contribution is 2.24. The van der Waals surface area contributed by atoms with Crippen LogP contribution in [0.2, 0.25) is 0 Å². The lowest BCUT2D eigenvalue weighted by Gasteiger charge is -2.17. The highest BCUT2D eigenvalue weighted by molar-refractivity contribution is 5.72. The number of ether oxygens (including phenoxy) is 1. The normalized spacial score (nSPS) is 14.4. The average Bonchev–Trinajstić information content (AvgIpc) is 2.26. The van der Waals surface area contributed by atoms with Crippen molar-refractivity contribution in [3.8, 4) is 0 Å². The Morgan fingerprint density at radius 2 is 2.07 bits per heavy atom. The molecule has 1 N–H and O–H groups in total. The first kappa shape index (κ1) is 11.7. The van der Waals surface area contributed by atoms with Crippen molar-refractivity contribution in [2.75, 3.05) is 7.11 Å². The van der Waals surface area contributed by atoms with Gasteiger partial charge in [-0.05, 0) is 13.0 Å². The van der Waals surface area contributed by atoms with Crippen LogP contribution in [-0.2, 0) is 9.53 Å². The zero-order valence-corrected chi connectivity index (χ0v) is 8.61. The number of aliphatic hydroxyl groups excluding tert-OH is 1. The Balaban J connectivity index is 2.89. The molecule has 4 heteroatoms. The molecule has 0 aromatic heterocycles. The first-order valence-electron chi connectivity index (χ1n) is 4.58. The van der Waals surface area contributed by atoms with Crippen LogP contribution >= 0.6 is 0 Å². The van der Waals surface area contributed by atoms with Crippen LogP contribution in [0.4, 0.5) is 4.39 Å². The van der Waals surface area contributed by atoms with Crippen LogP contribution in [0.25, 0.3) is 0 Å². The zero-order valence-electron chi connectivity index (χ0n) is 8.61. The van der Waals surface area contributed by atoms with Crippen molar-refractivity contribution in [2.45, 2.75) is 13.0 Å². The number of halogens is 1. The van der Waals surface area contributed by atoms with Gasteiger partial charge in [0.15, 0.2) is 0 Å². The van der Waals surface area contributed by atoms with E-state index in [1.54, 1.807) is 6.07 Å². The number of hydrogen-bond donors (Lipinski definition) is 1. The number of carbonyl (C=O) groups excluding carboxylic acids is 1. The summed E-state index contributed by atoms with van der Waals surface area (Å²) in [5.74, 6) is -1.88. The van der Waals surface area contributed by atoms with E-state index in [1.807, 2.05) is 0 Å². The number of hydrogen-bond acceptors (Lipinski definition) is 3. The molecule has 0 radical (unpaired) electrons. The number of benzene rings is 1. The van der Waals surface area contributed by atoms with Crippen molar-refractivity contribution in [3.63, 3.8) is 0 Å². The fourth-order valence-electron chi connectivity index (χ4n) is 1.30. The van der Waals surface area contributed by atoms with E-state index in [0.29, 0.717) is 0 Å². The van der Waals surface area contributed by atoms with Crippen molar-refractivity contribution in [3.05, 3.63) is 35.6 Å². The Morgan fingerprint density at radius 3 is 2.60 bits per heavy atom. The Bertz CT molecular complexity index is 351. The summed E-state index contributed by atoms with van der Waals surface area (Å²) in [7, 11) is 1.23. The van der Waals surface area contributed by atoms with Gasteiger partial charge < -0.3 is 9.84 Å². The second kappa shape index (κ2) is 4.89. The van der Waals surface area contributed by atoms with Gasteiger partial charge in [-0.2, -0.15) is 0 Å². The van der Waals surface area contributed by atoms with E-state index >= 15 is 0 Å². The van der Waals surface area contributed by atoms with Gasteiger partial charge in [-0.1, -0.05) is 18.2 Å². The number of methoxy groups -OCH3 is 1. The highest BCUT2D eigenvalue weighted by atomic mass is 19.1. The predicted molar refractivity (Wildman–Crippen MR) is 52.5 cm³/mol. The van der Waals surface area contributed by atoms with Crippen molar-refractivity contribution in [1.29, 1.82) is 0 Å². The fourth-order valence-corrected chi connectivity index (χ4v) is 1.30. The zero-order chi connectivity index (χ0) is 11.4. The SMILES string of the molecule is COC(=O)C(C)C(O)c1ccccc1F. The molecule has 1 aromatic carbocycles. The fraction of sp³-hybridized carbons (Fsp3) is 0.364. The molecule has 3 nitrogen and oxygen atoms in total. The Kier molecular flexibility index (Phi) is 3.80. The maximum atomic E-state index is 13.3. The minimum Gasteiger partial charge on any atom is -0.469 e. The monoisotopic (exact) mass is 212 g/mol. The van der Waals surface area contributed by atoms with Gasteiger partial charge in [-0.25, -0.2) is 4.39 Å². The van der Waals surface area contributed by atoms with E-state index < -0.39 is 23.8 Å². The van der Waals surface area contributed by atoms with Crippen LogP contribution in [0.5, 0.6) is 0 Å². The lowest BCUT2D eigenvalue weighted by Crippen LogP contribution is -2.21. The summed E-state index contributed by atoms with van der Waals surface area (Å²) in [5, 5.41) is 9.73. The number of carbonyl (C=O) groups is 1. The summed E-state index contributed by atoms with van der Waals surface area (Å²) < 4.78 is 17.7. The van der Waals surface area contributed by atoms with Gasteiger partial charge in [0.05, 0.1) is 19.1 Å². The van der Waals surface area contributed by atoms with Gasteiger partial charge in [0.1, 0.15) is 5.82 Å². The minimum atomic E-state index is -1.18. The molecule has 0 heterocycles. The number of aliphatic hydroxyl groups is 1. The standard InChI is InChI=1S/C11H13FO3/c1-7(11(14)15-2)10(13)8-5-3-4-6-9(8)12/h3-7,10,13H,1-2H3. The molecule has 0 saturated carbocycles. The second-order valence-electron chi connectivity index (χ2n) is 3.28. The summed E-state index contributed by atoms with van der Waals surface area (Å²) in [6.07, 6.45) is -1.18. The lowest BCUT2D eigenvalue weighted by atomic mass is 9.97. The van der Waals surface area contributed by atoms with Crippen LogP contribution < -0.4 is 0 Å². The topological polar surface area (TPSA) is 46.5 Å². The van der Waals surface area contributed by atoms with Gasteiger partial charge in [0.25, 0.3) is 0 Å². The van der Waals surface area contributed by atoms with Crippen molar-refractivity contribution >= 4 is 5.97 Å². The maximum absolute atomic E-state index is 13.3. The van der Waals surface area contributed by atoms with Gasteiger partial charge in [0.2, 0.25) is 0 Å². The molecule has 0 aliphatic carbocycles. The van der Waals surface area contributed by atoms with Gasteiger partial charge >= 0.3 is 5.97 Å². The van der Waals surface area contributed by atoms with E-state index in [2.05, 4.69) is 4.74 Å². The summed E-state index contributed by atoms with van der Waals surface area (Å²) in [6, 6.07) is 5.81. The Hall–Kier alpha value is -1.42. The molecule has 15 heavy (non-hydrogen) atoms. The van der Waals surface area contributed by atoms with Gasteiger partial charge in [-0.15, -0.1) is 0 Å². The number of rotatable bonds is 3. The smallest absolute Gasteiger partial charge is 0.311 e. The molecule has 0 aliphatic heterocycles. The van der Waals surface area contributed by atoms with Gasteiger partial charge in [-0.3, -0.25) is 4.79 Å². The summed E-state index contributed by atoms with van der Waals surface area (Å²) in [4.78, 5) is 11.1. The lowest BCUT2D eigenvalue weighted by molar-refractivity contribution is -0.148. The predicted octanol–water partition coefficient (Wildman–Crippen LogP) is 1.67. The molecule has 0 bridgehead atoms. The third-order valence-electron chi connectivity index (χ3n) is 2.27. The molecule has 2 atom stereocenters. The van der Waals surface area contributed by atoms with E-state index in [-0.39, 0.29) is 5.56 Å². The largest absolute Gasteiger partial charge is 0.469 e. The molecule has 0 saturated heterocycles. The first-order chi connectivity index (χ1) is 7.07. The van der Waals surface area contributed by atoms with Crippen molar-refractivity contribution in [1.82, 2.24) is 0 Å². The molecular weight excluding hydrogens is 199 g/mol. The van der Waals surface area contributed by atoms with Crippen LogP contribution in [0.1, 0.15) is 18.6 Å². The number of esters is 1. The molecule has 0 fully saturated rings. The Labute approximate surface area is 87.5 Å². The second-order valence-corrected chi connectivity index (χ2v) is 3.28. The van der Waals surface area contributed by atoms with E-state index in [1.165, 1.54) is 32.2 Å². The van der Waals surface area contributed by atoms with Crippen LogP contribution in [0, 0.1) is 11.7 Å². The molecule has 82 valence electrons. The van der Waals surface area contributed by atoms with Gasteiger partial charge in [0, 0.05) is 5.56 Å². The molecule has 0 spiro atoms. The van der Waals surface area contributed by atoms with Crippen molar-refractivity contribution < 1.29 is 19.0 Å². The van der Waals surface area contributed by atoms with E-state index in [0.717, 1.165) is 0 Å². The molecule has 0 aliphatic rings. The molecule has 1 rings (SSSR count). The van der Waals surface area contributed by atoms with Crippen LogP contribution in [0.3, 0.4) is 0 Å². The van der Waals surface area contributed by atoms with Crippen LogP contribution in [0.15, 0.2) is 24.3 Å². The summed E-state index contributed by atoms with van der Waals surface area (Å²) >= 11 is 0. The molecule has 1 aromatic rings. The van der Waals surface area contributed by atoms with Crippen LogP contribution in [-0.4, -0.2) is 18.2 Å². The Morgan fingerprint density at radius 1 is 1.47 bits per heavy atom. The minimum absolute atomic E-state index is 0.107. The highest BCUT2D eigenvalue weighted by Gasteiger charge is 2.25. The molecule has 2 unspecified atom stereocenters. The molecule has 0 amide bonds. The third kappa shape index (κ3) is 2.53. The maximum Gasteiger partial charge on any atom is 0.311 e. The molecular formula is C11H13FO3. The summed E-state index contributed by atoms with van der Waals surface area (Å²) in [5.41, 5.74) is 0.107.